The topological polar surface area (TPSA) is 110 Å². The molecule has 0 bridgehead atoms. The molecule has 0 radical (unpaired) electrons. The molecule has 10 heteroatoms. The highest BCUT2D eigenvalue weighted by molar-refractivity contribution is 7.89. The first-order valence-corrected chi connectivity index (χ1v) is 11.4. The van der Waals surface area contributed by atoms with Gasteiger partial charge in [-0.25, -0.2) is 13.4 Å². The zero-order chi connectivity index (χ0) is 22.2. The van der Waals surface area contributed by atoms with E-state index in [9.17, 15) is 13.2 Å². The maximum atomic E-state index is 12.9. The number of hydrogen-bond donors (Lipinski definition) is 0. The van der Waals surface area contributed by atoms with E-state index in [-0.39, 0.29) is 36.1 Å². The van der Waals surface area contributed by atoms with Crippen LogP contribution >= 0.6 is 0 Å². The van der Waals surface area contributed by atoms with Crippen molar-refractivity contribution in [1.82, 2.24) is 19.3 Å². The van der Waals surface area contributed by atoms with Gasteiger partial charge in [-0.2, -0.15) is 4.31 Å². The van der Waals surface area contributed by atoms with Crippen molar-refractivity contribution in [3.05, 3.63) is 53.2 Å². The minimum atomic E-state index is -3.71. The Bertz CT molecular complexity index is 1170. The average Bonchev–Trinajstić information content (AvgIpc) is 3.30. The van der Waals surface area contributed by atoms with E-state index in [1.807, 2.05) is 30.3 Å². The normalized spacial score (nSPS) is 15.4. The molecule has 0 spiro atoms. The van der Waals surface area contributed by atoms with Crippen molar-refractivity contribution < 1.29 is 22.2 Å². The molecule has 0 atom stereocenters. The second kappa shape index (κ2) is 8.27. The fourth-order valence-corrected chi connectivity index (χ4v) is 5.41. The third-order valence-corrected chi connectivity index (χ3v) is 7.53. The Kier molecular flexibility index (Phi) is 5.67. The maximum Gasteiger partial charge on any atom is 0.248 e. The zero-order valence-electron chi connectivity index (χ0n) is 17.7. The van der Waals surface area contributed by atoms with E-state index in [1.54, 1.807) is 25.7 Å². The molecule has 4 rings (SSSR count). The molecule has 1 fully saturated rings. The molecule has 3 heterocycles. The second-order valence-electron chi connectivity index (χ2n) is 7.50. The van der Waals surface area contributed by atoms with Crippen LogP contribution in [0.15, 0.2) is 44.2 Å². The summed E-state index contributed by atoms with van der Waals surface area (Å²) in [6, 6.07) is 9.51. The predicted octanol–water partition coefficient (Wildman–Crippen LogP) is 2.33. The highest BCUT2D eigenvalue weighted by Gasteiger charge is 2.34. The Morgan fingerprint density at radius 2 is 1.71 bits per heavy atom. The SMILES string of the molecule is Cc1noc(C)c1S(=O)(=O)N1CCN(C(=O)Cc2nc(-c3ccccc3)oc2C)CC1. The summed E-state index contributed by atoms with van der Waals surface area (Å²) in [6.45, 7) is 6.02. The average molecular weight is 445 g/mol. The quantitative estimate of drug-likeness (QED) is 0.594. The van der Waals surface area contributed by atoms with Gasteiger partial charge in [0.05, 0.1) is 12.1 Å². The van der Waals surface area contributed by atoms with Gasteiger partial charge < -0.3 is 13.8 Å². The van der Waals surface area contributed by atoms with Crippen LogP contribution in [-0.4, -0.2) is 59.8 Å². The number of amides is 1. The Hall–Kier alpha value is -2.98. The lowest BCUT2D eigenvalue weighted by atomic mass is 10.2. The molecule has 164 valence electrons. The van der Waals surface area contributed by atoms with Gasteiger partial charge >= 0.3 is 0 Å². The van der Waals surface area contributed by atoms with Gasteiger partial charge in [0.2, 0.25) is 21.8 Å². The van der Waals surface area contributed by atoms with Gasteiger partial charge in [-0.3, -0.25) is 4.79 Å². The van der Waals surface area contributed by atoms with Crippen LogP contribution < -0.4 is 0 Å². The maximum absolute atomic E-state index is 12.9. The molecule has 0 aliphatic carbocycles. The number of aryl methyl sites for hydroxylation is 3. The van der Waals surface area contributed by atoms with Crippen molar-refractivity contribution in [1.29, 1.82) is 0 Å². The summed E-state index contributed by atoms with van der Waals surface area (Å²) >= 11 is 0. The molecule has 1 saturated heterocycles. The molecular weight excluding hydrogens is 420 g/mol. The third kappa shape index (κ3) is 4.13. The lowest BCUT2D eigenvalue weighted by Crippen LogP contribution is -2.51. The van der Waals surface area contributed by atoms with Gasteiger partial charge in [0.1, 0.15) is 16.3 Å². The molecule has 1 aliphatic heterocycles. The molecule has 0 N–H and O–H groups in total. The van der Waals surface area contributed by atoms with Crippen LogP contribution in [0, 0.1) is 20.8 Å². The van der Waals surface area contributed by atoms with E-state index < -0.39 is 10.0 Å². The van der Waals surface area contributed by atoms with E-state index in [4.69, 9.17) is 8.94 Å². The number of aromatic nitrogens is 2. The molecule has 9 nitrogen and oxygen atoms in total. The van der Waals surface area contributed by atoms with Crippen molar-refractivity contribution >= 4 is 15.9 Å². The smallest absolute Gasteiger partial charge is 0.248 e. The number of benzene rings is 1. The Morgan fingerprint density at radius 1 is 1.03 bits per heavy atom. The van der Waals surface area contributed by atoms with Crippen molar-refractivity contribution in [3.8, 4) is 11.5 Å². The van der Waals surface area contributed by atoms with E-state index in [2.05, 4.69) is 10.1 Å². The van der Waals surface area contributed by atoms with Gasteiger partial charge in [-0.1, -0.05) is 23.4 Å². The van der Waals surface area contributed by atoms with E-state index in [0.29, 0.717) is 36.1 Å². The van der Waals surface area contributed by atoms with Crippen molar-refractivity contribution in [2.45, 2.75) is 32.1 Å². The van der Waals surface area contributed by atoms with E-state index in [0.717, 1.165) is 5.56 Å². The van der Waals surface area contributed by atoms with Crippen molar-refractivity contribution in [3.63, 3.8) is 0 Å². The molecule has 0 unspecified atom stereocenters. The highest BCUT2D eigenvalue weighted by Crippen LogP contribution is 2.25. The molecule has 0 saturated carbocycles. The molecule has 3 aromatic rings. The predicted molar refractivity (Wildman–Crippen MR) is 112 cm³/mol. The second-order valence-corrected chi connectivity index (χ2v) is 9.38. The van der Waals surface area contributed by atoms with Gasteiger partial charge in [0.15, 0.2) is 5.76 Å². The van der Waals surface area contributed by atoms with Crippen LogP contribution in [0.25, 0.3) is 11.5 Å². The molecule has 1 aromatic carbocycles. The first-order valence-electron chi connectivity index (χ1n) is 10.00. The van der Waals surface area contributed by atoms with Crippen molar-refractivity contribution in [2.24, 2.45) is 0 Å². The number of piperazine rings is 1. The van der Waals surface area contributed by atoms with Gasteiger partial charge in [0, 0.05) is 31.7 Å². The molecule has 1 amide bonds. The first-order chi connectivity index (χ1) is 14.8. The number of sulfonamides is 1. The number of rotatable bonds is 5. The molecule has 1 aliphatic rings. The Labute approximate surface area is 180 Å². The number of carbonyl (C=O) groups is 1. The summed E-state index contributed by atoms with van der Waals surface area (Å²) in [5, 5.41) is 3.74. The lowest BCUT2D eigenvalue weighted by Gasteiger charge is -2.33. The van der Waals surface area contributed by atoms with Crippen LogP contribution in [0.2, 0.25) is 0 Å². The van der Waals surface area contributed by atoms with Crippen LogP contribution in [-0.2, 0) is 21.2 Å². The Morgan fingerprint density at radius 3 is 2.32 bits per heavy atom. The Balaban J connectivity index is 1.41. The summed E-state index contributed by atoms with van der Waals surface area (Å²) in [4.78, 5) is 19.1. The van der Waals surface area contributed by atoms with E-state index in [1.165, 1.54) is 4.31 Å². The summed E-state index contributed by atoms with van der Waals surface area (Å²) in [7, 11) is -3.71. The minimum Gasteiger partial charge on any atom is -0.441 e. The zero-order valence-corrected chi connectivity index (χ0v) is 18.5. The standard InChI is InChI=1S/C21H24N4O5S/c1-14-20(16(3)30-23-14)31(27,28)25-11-9-24(10-12-25)19(26)13-18-15(2)29-21(22-18)17-7-5-4-6-8-17/h4-8H,9-13H2,1-3H3. The summed E-state index contributed by atoms with van der Waals surface area (Å²) in [6.07, 6.45) is 0.110. The molecule has 2 aromatic heterocycles. The molecular formula is C21H24N4O5S. The fraction of sp³-hybridized carbons (Fsp3) is 0.381. The van der Waals surface area contributed by atoms with Crippen molar-refractivity contribution in [2.75, 3.05) is 26.2 Å². The monoisotopic (exact) mass is 444 g/mol. The number of nitrogens with zero attached hydrogens (tertiary/aromatic N) is 4. The lowest BCUT2D eigenvalue weighted by molar-refractivity contribution is -0.131. The van der Waals surface area contributed by atoms with Gasteiger partial charge in [-0.15, -0.1) is 0 Å². The number of carbonyl (C=O) groups excluding carboxylic acids is 1. The minimum absolute atomic E-state index is 0.106. The first kappa shape index (κ1) is 21.3. The summed E-state index contributed by atoms with van der Waals surface area (Å²) in [5.74, 6) is 1.25. The summed E-state index contributed by atoms with van der Waals surface area (Å²) in [5.41, 5.74) is 1.78. The third-order valence-electron chi connectivity index (χ3n) is 5.39. The van der Waals surface area contributed by atoms with Gasteiger partial charge in [-0.05, 0) is 32.9 Å². The van der Waals surface area contributed by atoms with Crippen LogP contribution in [0.5, 0.6) is 0 Å². The number of hydrogen-bond acceptors (Lipinski definition) is 7. The van der Waals surface area contributed by atoms with Crippen LogP contribution in [0.4, 0.5) is 0 Å². The largest absolute Gasteiger partial charge is 0.441 e. The highest BCUT2D eigenvalue weighted by atomic mass is 32.2. The van der Waals surface area contributed by atoms with E-state index >= 15 is 0 Å². The summed E-state index contributed by atoms with van der Waals surface area (Å²) < 4.78 is 38.0. The van der Waals surface area contributed by atoms with Gasteiger partial charge in [0.25, 0.3) is 0 Å². The van der Waals surface area contributed by atoms with Crippen LogP contribution in [0.1, 0.15) is 22.9 Å². The fourth-order valence-electron chi connectivity index (χ4n) is 3.70. The molecule has 31 heavy (non-hydrogen) atoms. The number of oxazole rings is 1. The van der Waals surface area contributed by atoms with Crippen LogP contribution in [0.3, 0.4) is 0 Å².